The summed E-state index contributed by atoms with van der Waals surface area (Å²) >= 11 is 1.66. The van der Waals surface area contributed by atoms with Crippen LogP contribution in [0.5, 0.6) is 0 Å². The number of aromatic nitrogens is 1. The Bertz CT molecular complexity index is 584. The molecule has 1 aromatic heterocycles. The van der Waals surface area contributed by atoms with E-state index in [1.54, 1.807) is 17.4 Å². The Balaban J connectivity index is 2.32. The Morgan fingerprint density at radius 3 is 2.55 bits per heavy atom. The highest BCUT2D eigenvalue weighted by atomic mass is 32.1. The second kappa shape index (κ2) is 6.02. The monoisotopic (exact) mass is 292 g/mol. The molecule has 0 aliphatic rings. The van der Waals surface area contributed by atoms with Crippen molar-refractivity contribution in [3.63, 3.8) is 0 Å². The number of nitrogens with zero attached hydrogens (tertiary/aromatic N) is 1. The first-order valence-corrected chi connectivity index (χ1v) is 7.66. The molecule has 0 unspecified atom stereocenters. The zero-order valence-corrected chi connectivity index (χ0v) is 13.1. The maximum absolute atomic E-state index is 13.7. The zero-order valence-electron chi connectivity index (χ0n) is 12.2. The Hall–Kier alpha value is -1.26. The fourth-order valence-corrected chi connectivity index (χ4v) is 3.48. The SMILES string of the molecule is CC(C)(C)c1nc(Cc2ccccc2F)sc1CCN. The lowest BCUT2D eigenvalue weighted by atomic mass is 9.91. The van der Waals surface area contributed by atoms with Crippen LogP contribution in [0.3, 0.4) is 0 Å². The molecule has 0 aliphatic heterocycles. The van der Waals surface area contributed by atoms with Crippen LogP contribution < -0.4 is 5.73 Å². The van der Waals surface area contributed by atoms with E-state index < -0.39 is 0 Å². The molecule has 20 heavy (non-hydrogen) atoms. The van der Waals surface area contributed by atoms with E-state index in [0.717, 1.165) is 17.1 Å². The zero-order chi connectivity index (χ0) is 14.8. The van der Waals surface area contributed by atoms with Gasteiger partial charge in [0.25, 0.3) is 0 Å². The van der Waals surface area contributed by atoms with E-state index in [1.807, 2.05) is 12.1 Å². The van der Waals surface area contributed by atoms with Crippen molar-refractivity contribution in [1.29, 1.82) is 0 Å². The van der Waals surface area contributed by atoms with Gasteiger partial charge in [0.2, 0.25) is 0 Å². The van der Waals surface area contributed by atoms with Crippen molar-refractivity contribution >= 4 is 11.3 Å². The number of benzene rings is 1. The minimum Gasteiger partial charge on any atom is -0.330 e. The standard InChI is InChI=1S/C16H21FN2S/c1-16(2,3)15-13(8-9-18)20-14(19-15)10-11-6-4-5-7-12(11)17/h4-7H,8-10,18H2,1-3H3. The number of thiazole rings is 1. The van der Waals surface area contributed by atoms with E-state index in [0.29, 0.717) is 18.5 Å². The average molecular weight is 292 g/mol. The maximum atomic E-state index is 13.7. The summed E-state index contributed by atoms with van der Waals surface area (Å²) in [6, 6.07) is 6.88. The summed E-state index contributed by atoms with van der Waals surface area (Å²) in [7, 11) is 0. The maximum Gasteiger partial charge on any atom is 0.126 e. The van der Waals surface area contributed by atoms with Crippen LogP contribution in [0.1, 0.15) is 41.9 Å². The first-order valence-electron chi connectivity index (χ1n) is 6.84. The second-order valence-corrected chi connectivity index (χ2v) is 7.10. The van der Waals surface area contributed by atoms with E-state index >= 15 is 0 Å². The molecular weight excluding hydrogens is 271 g/mol. The molecule has 0 spiro atoms. The minimum absolute atomic E-state index is 0.00547. The molecule has 0 radical (unpaired) electrons. The summed E-state index contributed by atoms with van der Waals surface area (Å²) in [4.78, 5) is 5.96. The Morgan fingerprint density at radius 2 is 1.95 bits per heavy atom. The number of nitrogens with two attached hydrogens (primary N) is 1. The van der Waals surface area contributed by atoms with E-state index in [9.17, 15) is 4.39 Å². The molecular formula is C16H21FN2S. The van der Waals surface area contributed by atoms with Crippen LogP contribution in [0.15, 0.2) is 24.3 Å². The van der Waals surface area contributed by atoms with Gasteiger partial charge in [0, 0.05) is 16.7 Å². The van der Waals surface area contributed by atoms with Crippen LogP contribution in [0.4, 0.5) is 4.39 Å². The molecule has 2 rings (SSSR count). The lowest BCUT2D eigenvalue weighted by molar-refractivity contribution is 0.564. The topological polar surface area (TPSA) is 38.9 Å². The summed E-state index contributed by atoms with van der Waals surface area (Å²) < 4.78 is 13.7. The van der Waals surface area contributed by atoms with Crippen LogP contribution in [-0.4, -0.2) is 11.5 Å². The molecule has 0 saturated carbocycles. The fourth-order valence-electron chi connectivity index (χ4n) is 2.17. The Labute approximate surface area is 123 Å². The van der Waals surface area contributed by atoms with E-state index in [2.05, 4.69) is 20.8 Å². The van der Waals surface area contributed by atoms with Crippen LogP contribution in [0.25, 0.3) is 0 Å². The molecule has 0 amide bonds. The minimum atomic E-state index is -0.166. The predicted molar refractivity (Wildman–Crippen MR) is 82.8 cm³/mol. The first kappa shape index (κ1) is 15.1. The van der Waals surface area contributed by atoms with Gasteiger partial charge in [-0.05, 0) is 24.6 Å². The molecule has 0 bridgehead atoms. The molecule has 0 fully saturated rings. The van der Waals surface area contributed by atoms with Crippen LogP contribution in [0, 0.1) is 5.82 Å². The summed E-state index contributed by atoms with van der Waals surface area (Å²) in [6.07, 6.45) is 1.38. The average Bonchev–Trinajstić information content (AvgIpc) is 2.76. The molecule has 1 heterocycles. The molecule has 2 nitrogen and oxygen atoms in total. The largest absolute Gasteiger partial charge is 0.330 e. The van der Waals surface area contributed by atoms with Crippen LogP contribution >= 0.6 is 11.3 Å². The van der Waals surface area contributed by atoms with Crippen molar-refractivity contribution in [2.45, 2.75) is 39.0 Å². The number of rotatable bonds is 4. The van der Waals surface area contributed by atoms with Gasteiger partial charge in [-0.2, -0.15) is 0 Å². The molecule has 0 atom stereocenters. The third-order valence-corrected chi connectivity index (χ3v) is 4.24. The number of hydrogen-bond donors (Lipinski definition) is 1. The van der Waals surface area contributed by atoms with Crippen molar-refractivity contribution in [3.8, 4) is 0 Å². The van der Waals surface area contributed by atoms with Gasteiger partial charge in [-0.15, -0.1) is 11.3 Å². The third kappa shape index (κ3) is 3.44. The molecule has 0 aliphatic carbocycles. The predicted octanol–water partition coefficient (Wildman–Crippen LogP) is 3.67. The van der Waals surface area contributed by atoms with E-state index in [-0.39, 0.29) is 11.2 Å². The van der Waals surface area contributed by atoms with Gasteiger partial charge in [-0.3, -0.25) is 0 Å². The molecule has 2 aromatic rings. The highest BCUT2D eigenvalue weighted by Crippen LogP contribution is 2.31. The summed E-state index contributed by atoms with van der Waals surface area (Å²) in [5.41, 5.74) is 7.46. The molecule has 2 N–H and O–H groups in total. The van der Waals surface area contributed by atoms with Crippen molar-refractivity contribution in [2.75, 3.05) is 6.54 Å². The van der Waals surface area contributed by atoms with Gasteiger partial charge in [0.05, 0.1) is 10.7 Å². The van der Waals surface area contributed by atoms with Gasteiger partial charge in [0.1, 0.15) is 5.82 Å². The smallest absolute Gasteiger partial charge is 0.126 e. The Morgan fingerprint density at radius 1 is 1.25 bits per heavy atom. The lowest BCUT2D eigenvalue weighted by Crippen LogP contribution is -2.15. The van der Waals surface area contributed by atoms with Gasteiger partial charge in [-0.25, -0.2) is 9.37 Å². The van der Waals surface area contributed by atoms with Crippen molar-refractivity contribution in [1.82, 2.24) is 4.98 Å². The van der Waals surface area contributed by atoms with E-state index in [1.165, 1.54) is 10.9 Å². The third-order valence-electron chi connectivity index (χ3n) is 3.12. The Kier molecular flexibility index (Phi) is 4.55. The normalized spacial score (nSPS) is 11.8. The van der Waals surface area contributed by atoms with Crippen molar-refractivity contribution in [2.24, 2.45) is 5.73 Å². The lowest BCUT2D eigenvalue weighted by Gasteiger charge is -2.17. The quantitative estimate of drug-likeness (QED) is 0.933. The van der Waals surface area contributed by atoms with E-state index in [4.69, 9.17) is 10.7 Å². The highest BCUT2D eigenvalue weighted by Gasteiger charge is 2.23. The summed E-state index contributed by atoms with van der Waals surface area (Å²) in [5.74, 6) is -0.166. The molecule has 1 aromatic carbocycles. The van der Waals surface area contributed by atoms with Crippen LogP contribution in [-0.2, 0) is 18.3 Å². The fraction of sp³-hybridized carbons (Fsp3) is 0.438. The number of hydrogen-bond acceptors (Lipinski definition) is 3. The summed E-state index contributed by atoms with van der Waals surface area (Å²) in [5, 5.41) is 0.962. The molecule has 4 heteroatoms. The second-order valence-electron chi connectivity index (χ2n) is 5.94. The van der Waals surface area contributed by atoms with Gasteiger partial charge in [-0.1, -0.05) is 39.0 Å². The van der Waals surface area contributed by atoms with Crippen LogP contribution in [0.2, 0.25) is 0 Å². The van der Waals surface area contributed by atoms with Gasteiger partial charge < -0.3 is 5.73 Å². The number of halogens is 1. The summed E-state index contributed by atoms with van der Waals surface area (Å²) in [6.45, 7) is 7.06. The molecule has 108 valence electrons. The van der Waals surface area contributed by atoms with Gasteiger partial charge in [0.15, 0.2) is 0 Å². The van der Waals surface area contributed by atoms with Gasteiger partial charge >= 0.3 is 0 Å². The van der Waals surface area contributed by atoms with Crippen molar-refractivity contribution in [3.05, 3.63) is 51.2 Å². The highest BCUT2D eigenvalue weighted by molar-refractivity contribution is 7.11. The molecule has 0 saturated heterocycles. The van der Waals surface area contributed by atoms with Crippen molar-refractivity contribution < 1.29 is 4.39 Å². The first-order chi connectivity index (χ1) is 9.41.